The molecule has 5 N–H and O–H groups in total. The number of aromatic nitrogens is 1. The van der Waals surface area contributed by atoms with Crippen LogP contribution in [0.15, 0.2) is 42.7 Å². The summed E-state index contributed by atoms with van der Waals surface area (Å²) < 4.78 is 16.8. The normalized spacial score (nSPS) is 15.1. The number of carbonyl (C=O) groups excluding carboxylic acids is 1. The number of aryl methyl sites for hydroxylation is 1. The van der Waals surface area contributed by atoms with Gasteiger partial charge in [0.1, 0.15) is 5.75 Å². The van der Waals surface area contributed by atoms with Gasteiger partial charge in [-0.15, -0.1) is 0 Å². The Bertz CT molecular complexity index is 975. The number of nitrogens with one attached hydrogen (secondary N) is 2. The van der Waals surface area contributed by atoms with E-state index in [1.54, 1.807) is 26.4 Å². The molecular formula is C31H50N4O5. The third-order valence-electron chi connectivity index (χ3n) is 7.22. The number of amides is 1. The van der Waals surface area contributed by atoms with Gasteiger partial charge >= 0.3 is 0 Å². The van der Waals surface area contributed by atoms with Crippen molar-refractivity contribution in [3.05, 3.63) is 53.9 Å². The lowest BCUT2D eigenvalue weighted by molar-refractivity contribution is -0.129. The fourth-order valence-electron chi connectivity index (χ4n) is 4.34. The number of methoxy groups -OCH3 is 1. The summed E-state index contributed by atoms with van der Waals surface area (Å²) in [6, 6.07) is 9.52. The number of rotatable bonds is 20. The molecule has 40 heavy (non-hydrogen) atoms. The lowest BCUT2D eigenvalue weighted by Gasteiger charge is -2.28. The van der Waals surface area contributed by atoms with Gasteiger partial charge in [-0.3, -0.25) is 9.78 Å². The molecule has 0 aliphatic rings. The number of anilines is 1. The predicted molar refractivity (Wildman–Crippen MR) is 159 cm³/mol. The van der Waals surface area contributed by atoms with E-state index in [2.05, 4.69) is 29.5 Å². The molecule has 9 heteroatoms. The molecule has 0 fully saturated rings. The fourth-order valence-corrected chi connectivity index (χ4v) is 4.34. The molecule has 0 saturated carbocycles. The zero-order valence-corrected chi connectivity index (χ0v) is 24.9. The summed E-state index contributed by atoms with van der Waals surface area (Å²) in [6.07, 6.45) is 5.48. The second-order valence-electron chi connectivity index (χ2n) is 10.6. The van der Waals surface area contributed by atoms with Crippen LogP contribution in [0.25, 0.3) is 0 Å². The summed E-state index contributed by atoms with van der Waals surface area (Å²) in [5.41, 5.74) is 9.31. The molecule has 1 aromatic heterocycles. The molecule has 1 heterocycles. The maximum absolute atomic E-state index is 13.2. The number of aliphatic hydroxyl groups is 1. The maximum atomic E-state index is 13.2. The van der Waals surface area contributed by atoms with Gasteiger partial charge in [0.25, 0.3) is 0 Å². The molecule has 5 atom stereocenters. The van der Waals surface area contributed by atoms with Crippen molar-refractivity contribution in [2.75, 3.05) is 38.8 Å². The average molecular weight is 559 g/mol. The number of ether oxygens (including phenoxy) is 3. The van der Waals surface area contributed by atoms with Gasteiger partial charge < -0.3 is 35.7 Å². The first-order valence-corrected chi connectivity index (χ1v) is 14.4. The van der Waals surface area contributed by atoms with Crippen molar-refractivity contribution >= 4 is 11.6 Å². The summed E-state index contributed by atoms with van der Waals surface area (Å²) in [7, 11) is 1.68. The highest BCUT2D eigenvalue weighted by Gasteiger charge is 2.28. The lowest BCUT2D eigenvalue weighted by Crippen LogP contribution is -2.48. The van der Waals surface area contributed by atoms with E-state index in [-0.39, 0.29) is 23.9 Å². The minimum Gasteiger partial charge on any atom is -0.493 e. The Hall–Kier alpha value is -2.72. The van der Waals surface area contributed by atoms with Gasteiger partial charge in [0, 0.05) is 51.2 Å². The van der Waals surface area contributed by atoms with Gasteiger partial charge in [-0.05, 0) is 61.9 Å². The molecule has 0 saturated heterocycles. The Morgan fingerprint density at radius 2 is 1.98 bits per heavy atom. The van der Waals surface area contributed by atoms with Crippen molar-refractivity contribution in [2.45, 2.75) is 78.2 Å². The second-order valence-corrected chi connectivity index (χ2v) is 10.6. The summed E-state index contributed by atoms with van der Waals surface area (Å²) in [5.74, 6) is 0.403. The standard InChI is InChI=1S/C31H50N4O5/c1-6-22(2)29(19-34-27-9-7-14-33-18-27)35-31(37)28(24(4)36)13-12-26(32)21-39-20-25-11-10-23(3)30(17-25)40-16-8-15-38-5/h7,9-11,14,17-18,22,24,26,28-29,34,36H,6,8,12-13,15-16,19-21,32H2,1-5H3,(H,35,37)/t22?,24?,26?,28-,29?/m0/s1. The third kappa shape index (κ3) is 12.2. The first-order chi connectivity index (χ1) is 19.2. The van der Waals surface area contributed by atoms with E-state index < -0.39 is 12.0 Å². The highest BCUT2D eigenvalue weighted by Crippen LogP contribution is 2.21. The van der Waals surface area contributed by atoms with Crippen LogP contribution in [0.5, 0.6) is 5.75 Å². The number of pyridine rings is 1. The zero-order valence-electron chi connectivity index (χ0n) is 24.9. The van der Waals surface area contributed by atoms with E-state index in [1.807, 2.05) is 37.3 Å². The first kappa shape index (κ1) is 33.5. The van der Waals surface area contributed by atoms with Crippen molar-refractivity contribution in [1.29, 1.82) is 0 Å². The summed E-state index contributed by atoms with van der Waals surface area (Å²) in [4.78, 5) is 17.3. The van der Waals surface area contributed by atoms with E-state index in [1.165, 1.54) is 0 Å². The van der Waals surface area contributed by atoms with Crippen LogP contribution in [-0.4, -0.2) is 67.7 Å². The molecule has 1 aromatic carbocycles. The average Bonchev–Trinajstić information content (AvgIpc) is 2.94. The minimum atomic E-state index is -0.785. The van der Waals surface area contributed by atoms with Crippen LogP contribution in [0.2, 0.25) is 0 Å². The summed E-state index contributed by atoms with van der Waals surface area (Å²) >= 11 is 0. The molecule has 0 spiro atoms. The van der Waals surface area contributed by atoms with Gasteiger partial charge in [0.05, 0.1) is 37.5 Å². The quantitative estimate of drug-likeness (QED) is 0.179. The van der Waals surface area contributed by atoms with Crippen molar-refractivity contribution in [1.82, 2.24) is 10.3 Å². The summed E-state index contributed by atoms with van der Waals surface area (Å²) in [6.45, 7) is 10.5. The Morgan fingerprint density at radius 3 is 2.65 bits per heavy atom. The highest BCUT2D eigenvalue weighted by atomic mass is 16.5. The van der Waals surface area contributed by atoms with Gasteiger partial charge in [-0.1, -0.05) is 32.4 Å². The number of aliphatic hydroxyl groups excluding tert-OH is 1. The largest absolute Gasteiger partial charge is 0.493 e. The van der Waals surface area contributed by atoms with Gasteiger partial charge in [-0.25, -0.2) is 0 Å². The summed E-state index contributed by atoms with van der Waals surface area (Å²) in [5, 5.41) is 16.9. The molecule has 2 aromatic rings. The van der Waals surface area contributed by atoms with Crippen LogP contribution < -0.4 is 21.1 Å². The predicted octanol–water partition coefficient (Wildman–Crippen LogP) is 4.07. The second kappa shape index (κ2) is 18.6. The molecule has 224 valence electrons. The molecule has 0 bridgehead atoms. The molecule has 9 nitrogen and oxygen atoms in total. The van der Waals surface area contributed by atoms with E-state index in [4.69, 9.17) is 19.9 Å². The Kier molecular flexibility index (Phi) is 15.6. The van der Waals surface area contributed by atoms with Crippen LogP contribution in [0.3, 0.4) is 0 Å². The zero-order chi connectivity index (χ0) is 29.3. The van der Waals surface area contributed by atoms with Crippen LogP contribution >= 0.6 is 0 Å². The molecule has 2 rings (SSSR count). The van der Waals surface area contributed by atoms with Gasteiger partial charge in [0.15, 0.2) is 0 Å². The molecule has 1 amide bonds. The SMILES string of the molecule is CCC(C)C(CNc1cccnc1)NC(=O)[C@@H](CCC(N)COCc1ccc(C)c(OCCCOC)c1)C(C)O. The van der Waals surface area contributed by atoms with Crippen molar-refractivity contribution in [2.24, 2.45) is 17.6 Å². The number of nitrogens with zero attached hydrogens (tertiary/aromatic N) is 1. The van der Waals surface area contributed by atoms with Crippen molar-refractivity contribution < 1.29 is 24.1 Å². The maximum Gasteiger partial charge on any atom is 0.225 e. The van der Waals surface area contributed by atoms with Crippen LogP contribution in [0, 0.1) is 18.8 Å². The first-order valence-electron chi connectivity index (χ1n) is 14.4. The third-order valence-corrected chi connectivity index (χ3v) is 7.22. The molecule has 0 aliphatic heterocycles. The molecule has 4 unspecified atom stereocenters. The van der Waals surface area contributed by atoms with Crippen molar-refractivity contribution in [3.8, 4) is 5.75 Å². The minimum absolute atomic E-state index is 0.0840. The number of benzene rings is 1. The molecule has 0 radical (unpaired) electrons. The van der Waals surface area contributed by atoms with E-state index in [0.29, 0.717) is 45.8 Å². The van der Waals surface area contributed by atoms with E-state index in [9.17, 15) is 9.90 Å². The highest BCUT2D eigenvalue weighted by molar-refractivity contribution is 5.79. The Morgan fingerprint density at radius 1 is 1.18 bits per heavy atom. The number of nitrogens with two attached hydrogens (primary N) is 1. The fraction of sp³-hybridized carbons (Fsp3) is 0.613. The van der Waals surface area contributed by atoms with Gasteiger partial charge in [0.2, 0.25) is 5.91 Å². The smallest absolute Gasteiger partial charge is 0.225 e. The van der Waals surface area contributed by atoms with Crippen LogP contribution in [0.4, 0.5) is 5.69 Å². The molecule has 0 aliphatic carbocycles. The van der Waals surface area contributed by atoms with Crippen LogP contribution in [-0.2, 0) is 20.9 Å². The Balaban J connectivity index is 1.82. The topological polar surface area (TPSA) is 128 Å². The Labute approximate surface area is 240 Å². The van der Waals surface area contributed by atoms with Gasteiger partial charge in [-0.2, -0.15) is 0 Å². The number of hydrogen-bond donors (Lipinski definition) is 4. The van der Waals surface area contributed by atoms with E-state index >= 15 is 0 Å². The molecular weight excluding hydrogens is 508 g/mol. The van der Waals surface area contributed by atoms with Crippen molar-refractivity contribution in [3.63, 3.8) is 0 Å². The lowest BCUT2D eigenvalue weighted by atomic mass is 9.92. The monoisotopic (exact) mass is 558 g/mol. The number of carbonyl (C=O) groups is 1. The van der Waals surface area contributed by atoms with Crippen LogP contribution in [0.1, 0.15) is 57.6 Å². The van der Waals surface area contributed by atoms with E-state index in [0.717, 1.165) is 35.4 Å². The number of hydrogen-bond acceptors (Lipinski definition) is 8.